The summed E-state index contributed by atoms with van der Waals surface area (Å²) in [6.45, 7) is 4.29. The molecule has 0 spiro atoms. The lowest BCUT2D eigenvalue weighted by atomic mass is 9.98. The molecule has 2 rings (SSSR count). The molecule has 0 radical (unpaired) electrons. The van der Waals surface area contributed by atoms with Crippen LogP contribution in [0.5, 0.6) is 5.75 Å². The van der Waals surface area contributed by atoms with E-state index in [0.717, 1.165) is 16.9 Å². The Hall–Kier alpha value is -2.09. The van der Waals surface area contributed by atoms with Crippen molar-refractivity contribution in [3.8, 4) is 5.75 Å². The predicted octanol–water partition coefficient (Wildman–Crippen LogP) is 4.24. The zero-order chi connectivity index (χ0) is 14.5. The van der Waals surface area contributed by atoms with Gasteiger partial charge in [0, 0.05) is 12.0 Å². The number of carbonyl (C=O) groups excluding carboxylic acids is 1. The van der Waals surface area contributed by atoms with E-state index < -0.39 is 0 Å². The van der Waals surface area contributed by atoms with Gasteiger partial charge in [0.2, 0.25) is 0 Å². The maximum absolute atomic E-state index is 12.2. The molecular formula is C18H20O2. The maximum Gasteiger partial charge on any atom is 0.167 e. The molecule has 0 unspecified atom stereocenters. The summed E-state index contributed by atoms with van der Waals surface area (Å²) in [5.41, 5.74) is 3.03. The first kappa shape index (κ1) is 14.3. The van der Waals surface area contributed by atoms with Crippen LogP contribution in [-0.4, -0.2) is 12.9 Å². The topological polar surface area (TPSA) is 26.3 Å². The molecule has 0 aliphatic carbocycles. The van der Waals surface area contributed by atoms with Crippen molar-refractivity contribution < 1.29 is 9.53 Å². The van der Waals surface area contributed by atoms with Crippen LogP contribution >= 0.6 is 0 Å². The summed E-state index contributed by atoms with van der Waals surface area (Å²) in [6.07, 6.45) is 0.422. The third-order valence-electron chi connectivity index (χ3n) is 3.42. The van der Waals surface area contributed by atoms with Gasteiger partial charge in [-0.3, -0.25) is 4.79 Å². The van der Waals surface area contributed by atoms with Crippen molar-refractivity contribution in [2.24, 2.45) is 0 Å². The fraction of sp³-hybridized carbons (Fsp3) is 0.278. The van der Waals surface area contributed by atoms with E-state index in [-0.39, 0.29) is 5.78 Å². The van der Waals surface area contributed by atoms with Gasteiger partial charge in [-0.15, -0.1) is 0 Å². The average Bonchev–Trinajstić information content (AvgIpc) is 2.48. The second-order valence-corrected chi connectivity index (χ2v) is 5.22. The Morgan fingerprint density at radius 1 is 1.00 bits per heavy atom. The Morgan fingerprint density at radius 3 is 2.10 bits per heavy atom. The lowest BCUT2D eigenvalue weighted by molar-refractivity contribution is 0.0993. The highest BCUT2D eigenvalue weighted by molar-refractivity contribution is 5.97. The molecule has 2 aromatic rings. The van der Waals surface area contributed by atoms with Gasteiger partial charge >= 0.3 is 0 Å². The van der Waals surface area contributed by atoms with Crippen LogP contribution in [0.15, 0.2) is 48.5 Å². The number of hydrogen-bond donors (Lipinski definition) is 0. The highest BCUT2D eigenvalue weighted by Gasteiger charge is 2.08. The molecule has 0 saturated heterocycles. The number of rotatable bonds is 5. The van der Waals surface area contributed by atoms with Crippen molar-refractivity contribution in [3.63, 3.8) is 0 Å². The summed E-state index contributed by atoms with van der Waals surface area (Å²) in [5, 5.41) is 0. The van der Waals surface area contributed by atoms with E-state index in [2.05, 4.69) is 13.8 Å². The Kier molecular flexibility index (Phi) is 4.57. The number of ether oxygens (including phenoxy) is 1. The Morgan fingerprint density at radius 2 is 1.60 bits per heavy atom. The summed E-state index contributed by atoms with van der Waals surface area (Å²) in [7, 11) is 1.64. The van der Waals surface area contributed by atoms with Crippen LogP contribution in [0, 0.1) is 0 Å². The highest BCUT2D eigenvalue weighted by atomic mass is 16.5. The number of carbonyl (C=O) groups is 1. The minimum atomic E-state index is 0.144. The molecule has 0 fully saturated rings. The van der Waals surface area contributed by atoms with E-state index in [1.54, 1.807) is 7.11 Å². The molecule has 104 valence electrons. The first-order chi connectivity index (χ1) is 9.60. The molecule has 2 aromatic carbocycles. The smallest absolute Gasteiger partial charge is 0.167 e. The largest absolute Gasteiger partial charge is 0.497 e. The van der Waals surface area contributed by atoms with Crippen molar-refractivity contribution >= 4 is 5.78 Å². The molecular weight excluding hydrogens is 248 g/mol. The van der Waals surface area contributed by atoms with Crippen molar-refractivity contribution in [2.75, 3.05) is 7.11 Å². The molecule has 0 amide bonds. The van der Waals surface area contributed by atoms with Crippen molar-refractivity contribution in [3.05, 3.63) is 65.2 Å². The number of Topliss-reactive ketones (excluding diaryl/α,β-unsaturated/α-hetero) is 1. The van der Waals surface area contributed by atoms with E-state index >= 15 is 0 Å². The summed E-state index contributed by atoms with van der Waals surface area (Å²) >= 11 is 0. The molecule has 0 saturated carbocycles. The van der Waals surface area contributed by atoms with Crippen molar-refractivity contribution in [1.29, 1.82) is 0 Å². The van der Waals surface area contributed by atoms with Gasteiger partial charge in [-0.05, 0) is 29.2 Å². The average molecular weight is 268 g/mol. The standard InChI is InChI=1S/C18H20O2/c1-13(2)15-6-8-16(9-7-15)18(19)12-14-4-10-17(20-3)11-5-14/h4-11,13H,12H2,1-3H3. The Labute approximate surface area is 120 Å². The van der Waals surface area contributed by atoms with Crippen LogP contribution in [-0.2, 0) is 6.42 Å². The molecule has 2 nitrogen and oxygen atoms in total. The van der Waals surface area contributed by atoms with E-state index in [4.69, 9.17) is 4.74 Å². The van der Waals surface area contributed by atoms with Crippen LogP contribution in [0.2, 0.25) is 0 Å². The highest BCUT2D eigenvalue weighted by Crippen LogP contribution is 2.17. The summed E-state index contributed by atoms with van der Waals surface area (Å²) in [5.74, 6) is 1.44. The predicted molar refractivity (Wildman–Crippen MR) is 81.6 cm³/mol. The van der Waals surface area contributed by atoms with Crippen LogP contribution in [0.1, 0.15) is 41.3 Å². The minimum Gasteiger partial charge on any atom is -0.497 e. The number of ketones is 1. The molecule has 0 aliphatic rings. The first-order valence-electron chi connectivity index (χ1n) is 6.86. The van der Waals surface area contributed by atoms with Gasteiger partial charge in [-0.1, -0.05) is 50.2 Å². The third kappa shape index (κ3) is 3.47. The Bertz CT molecular complexity index is 565. The summed E-state index contributed by atoms with van der Waals surface area (Å²) in [4.78, 5) is 12.2. The molecule has 0 N–H and O–H groups in total. The molecule has 0 atom stereocenters. The second-order valence-electron chi connectivity index (χ2n) is 5.22. The van der Waals surface area contributed by atoms with Crippen LogP contribution in [0.4, 0.5) is 0 Å². The van der Waals surface area contributed by atoms with E-state index in [9.17, 15) is 4.79 Å². The lowest BCUT2D eigenvalue weighted by Gasteiger charge is -2.07. The van der Waals surface area contributed by atoms with Gasteiger partial charge in [0.1, 0.15) is 5.75 Å². The zero-order valence-electron chi connectivity index (χ0n) is 12.2. The molecule has 0 heterocycles. The SMILES string of the molecule is COc1ccc(CC(=O)c2ccc(C(C)C)cc2)cc1. The lowest BCUT2D eigenvalue weighted by Crippen LogP contribution is -2.03. The van der Waals surface area contributed by atoms with Crippen molar-refractivity contribution in [2.45, 2.75) is 26.2 Å². The monoisotopic (exact) mass is 268 g/mol. The summed E-state index contributed by atoms with van der Waals surface area (Å²) in [6, 6.07) is 15.5. The quantitative estimate of drug-likeness (QED) is 0.758. The molecule has 20 heavy (non-hydrogen) atoms. The Balaban J connectivity index is 2.07. The minimum absolute atomic E-state index is 0.144. The number of hydrogen-bond acceptors (Lipinski definition) is 2. The van der Waals surface area contributed by atoms with Crippen LogP contribution in [0.25, 0.3) is 0 Å². The molecule has 0 bridgehead atoms. The first-order valence-corrected chi connectivity index (χ1v) is 6.86. The van der Waals surface area contributed by atoms with Crippen LogP contribution in [0.3, 0.4) is 0 Å². The molecule has 2 heteroatoms. The number of benzene rings is 2. The van der Waals surface area contributed by atoms with Gasteiger partial charge < -0.3 is 4.74 Å². The third-order valence-corrected chi connectivity index (χ3v) is 3.42. The summed E-state index contributed by atoms with van der Waals surface area (Å²) < 4.78 is 5.11. The fourth-order valence-corrected chi connectivity index (χ4v) is 2.08. The normalized spacial score (nSPS) is 10.6. The molecule has 0 aliphatic heterocycles. The van der Waals surface area contributed by atoms with Gasteiger partial charge in [0.15, 0.2) is 5.78 Å². The number of methoxy groups -OCH3 is 1. The van der Waals surface area contributed by atoms with Gasteiger partial charge in [-0.25, -0.2) is 0 Å². The van der Waals surface area contributed by atoms with Gasteiger partial charge in [0.25, 0.3) is 0 Å². The van der Waals surface area contributed by atoms with Gasteiger partial charge in [-0.2, -0.15) is 0 Å². The maximum atomic E-state index is 12.2. The van der Waals surface area contributed by atoms with Crippen molar-refractivity contribution in [1.82, 2.24) is 0 Å². The second kappa shape index (κ2) is 6.38. The van der Waals surface area contributed by atoms with E-state index in [1.807, 2.05) is 48.5 Å². The zero-order valence-corrected chi connectivity index (χ0v) is 12.2. The fourth-order valence-electron chi connectivity index (χ4n) is 2.08. The van der Waals surface area contributed by atoms with Crippen LogP contribution < -0.4 is 4.74 Å². The van der Waals surface area contributed by atoms with Gasteiger partial charge in [0.05, 0.1) is 7.11 Å². The molecule has 0 aromatic heterocycles. The van der Waals surface area contributed by atoms with E-state index in [0.29, 0.717) is 12.3 Å². The van der Waals surface area contributed by atoms with E-state index in [1.165, 1.54) is 5.56 Å².